The Morgan fingerprint density at radius 1 is 0.636 bits per heavy atom. The minimum absolute atomic E-state index is 0.0858. The number of hydrogen-bond donors (Lipinski definition) is 9. The van der Waals surface area contributed by atoms with Crippen molar-refractivity contribution >= 4 is 47.3 Å². The third-order valence-corrected chi connectivity index (χ3v) is 15.1. The molecular weight excluding hydrogens is 977 g/mol. The Kier molecular flexibility index (Phi) is 22.3. The van der Waals surface area contributed by atoms with Crippen LogP contribution in [0.2, 0.25) is 0 Å². The molecule has 3 aromatic carbocycles. The zero-order chi connectivity index (χ0) is 56.7. The molecule has 0 bridgehead atoms. The van der Waals surface area contributed by atoms with E-state index in [0.717, 1.165) is 36.0 Å². The molecular formula is C59H86N10O8. The molecule has 0 radical (unpaired) electrons. The molecule has 1 saturated heterocycles. The molecule has 18 nitrogen and oxygen atoms in total. The quantitative estimate of drug-likeness (QED) is 0.0624. The number of rotatable bonds is 24. The molecule has 9 atom stereocenters. The summed E-state index contributed by atoms with van der Waals surface area (Å²) in [5.41, 5.74) is 4.42. The molecule has 2 aliphatic rings. The number of carbonyl (C=O) groups excluding carboxylic acids is 8. The van der Waals surface area contributed by atoms with E-state index in [2.05, 4.69) is 53.9 Å². The Morgan fingerprint density at radius 3 is 1.77 bits per heavy atom. The molecule has 77 heavy (non-hydrogen) atoms. The van der Waals surface area contributed by atoms with Gasteiger partial charge in [0.2, 0.25) is 35.4 Å². The highest BCUT2D eigenvalue weighted by atomic mass is 16.2. The molecule has 1 heterocycles. The van der Waals surface area contributed by atoms with Gasteiger partial charge in [-0.15, -0.1) is 0 Å². The van der Waals surface area contributed by atoms with Gasteiger partial charge in [0.1, 0.15) is 24.2 Å². The Morgan fingerprint density at radius 2 is 1.21 bits per heavy atom. The Bertz CT molecular complexity index is 2530. The summed E-state index contributed by atoms with van der Waals surface area (Å²) in [5, 5.41) is 26.5. The van der Waals surface area contributed by atoms with Gasteiger partial charge in [0.05, 0.1) is 18.1 Å². The molecule has 8 amide bonds. The average molecular weight is 1060 g/mol. The van der Waals surface area contributed by atoms with Crippen LogP contribution in [0.25, 0.3) is 0 Å². The molecule has 1 aliphatic heterocycles. The third-order valence-electron chi connectivity index (χ3n) is 15.1. The molecule has 0 spiro atoms. The summed E-state index contributed by atoms with van der Waals surface area (Å²) in [5.74, 6) is -3.03. The molecule has 0 saturated carbocycles. The fourth-order valence-corrected chi connectivity index (χ4v) is 9.42. The maximum atomic E-state index is 14.6. The van der Waals surface area contributed by atoms with Crippen LogP contribution in [0.15, 0.2) is 72.8 Å². The van der Waals surface area contributed by atoms with E-state index in [9.17, 15) is 38.4 Å². The first kappa shape index (κ1) is 61.2. The average Bonchev–Trinajstić information content (AvgIpc) is 3.84. The molecule has 18 heteroatoms. The molecule has 5 rings (SSSR count). The lowest BCUT2D eigenvalue weighted by molar-refractivity contribution is -0.144. The second-order valence-electron chi connectivity index (χ2n) is 22.7. The van der Waals surface area contributed by atoms with Crippen molar-refractivity contribution in [2.75, 3.05) is 27.2 Å². The Hall–Kier alpha value is -6.66. The van der Waals surface area contributed by atoms with Crippen LogP contribution in [0.1, 0.15) is 144 Å². The number of carbonyl (C=O) groups is 8. The van der Waals surface area contributed by atoms with Crippen molar-refractivity contribution in [1.29, 1.82) is 0 Å². The number of nitrogens with one attached hydrogen (secondary N) is 9. The standard InChI is InChI=1S/C59H86N10O8/c1-34(2)36(5)63-55(74)47(66-57(76)49(35(3)4)67-51(70)37(6)60-11)30-31-62-53(72)42-26-22-39(23-27-42)20-21-40-24-28-43(29-25-40)54(73)64-44-32-48(56(75)65-46-19-15-17-41-16-13-14-18-45(41)46)69(33-44)58(77)50(59(8,9)10)68-52(71)38(7)61-12/h13-14,16,18,22-29,34-38,44,46-50,60-61H,15,17,19-21,30-33H2,1-12H3,(H,62,72)(H,63,74)(H,64,73)(H,65,75)(H,66,76)(H,67,70)(H,68,71)/t36?,37-,38-,44+,46+,47-,48-,49-,50+/m0/s1. The second-order valence-corrected chi connectivity index (χ2v) is 22.7. The normalized spacial score (nSPS) is 18.6. The minimum Gasteiger partial charge on any atom is -0.352 e. The molecule has 1 unspecified atom stereocenters. The summed E-state index contributed by atoms with van der Waals surface area (Å²) in [7, 11) is 3.32. The monoisotopic (exact) mass is 1060 g/mol. The van der Waals surface area contributed by atoms with E-state index in [1.807, 2.05) is 97.9 Å². The Labute approximate surface area is 455 Å². The number of aryl methyl sites for hydroxylation is 3. The molecule has 1 aliphatic carbocycles. The topological polar surface area (TPSA) is 248 Å². The van der Waals surface area contributed by atoms with Crippen LogP contribution in [0.5, 0.6) is 0 Å². The maximum Gasteiger partial charge on any atom is 0.251 e. The first-order valence-corrected chi connectivity index (χ1v) is 27.4. The van der Waals surface area contributed by atoms with E-state index >= 15 is 0 Å². The first-order chi connectivity index (χ1) is 36.4. The number of nitrogens with zero attached hydrogens (tertiary/aromatic N) is 1. The van der Waals surface area contributed by atoms with Gasteiger partial charge < -0.3 is 52.8 Å². The van der Waals surface area contributed by atoms with E-state index in [4.69, 9.17) is 0 Å². The zero-order valence-corrected chi connectivity index (χ0v) is 47.4. The van der Waals surface area contributed by atoms with Crippen molar-refractivity contribution in [2.45, 2.75) is 169 Å². The van der Waals surface area contributed by atoms with Crippen molar-refractivity contribution < 1.29 is 38.4 Å². The summed E-state index contributed by atoms with van der Waals surface area (Å²) in [4.78, 5) is 110. The van der Waals surface area contributed by atoms with Gasteiger partial charge in [0, 0.05) is 36.3 Å². The molecule has 0 aromatic heterocycles. The van der Waals surface area contributed by atoms with E-state index in [-0.39, 0.29) is 91.2 Å². The SMILES string of the molecule is CN[C@@H](C)C(=O)N[C@H](C(=O)N[C@@H](CCNC(=O)c1ccc(CCc2ccc(C(=O)N[C@@H]3C[C@@H](C(=O)N[C@@H]4CCCc5ccccc54)N(C(=O)[C@@H](NC(=O)[C@H](C)NC)C(C)(C)C)C3)cc2)cc1)C(=O)NC(C)C(C)C)C(C)C. The smallest absolute Gasteiger partial charge is 0.251 e. The van der Waals surface area contributed by atoms with Crippen molar-refractivity contribution in [1.82, 2.24) is 52.8 Å². The number of fused-ring (bicyclic) bond motifs is 1. The minimum atomic E-state index is -0.968. The van der Waals surface area contributed by atoms with Crippen LogP contribution in [0, 0.1) is 17.3 Å². The lowest BCUT2D eigenvalue weighted by Gasteiger charge is -2.36. The van der Waals surface area contributed by atoms with Gasteiger partial charge in [-0.2, -0.15) is 0 Å². The highest BCUT2D eigenvalue weighted by molar-refractivity contribution is 5.97. The Balaban J connectivity index is 1.18. The van der Waals surface area contributed by atoms with Gasteiger partial charge in [-0.3, -0.25) is 38.4 Å². The number of benzene rings is 3. The van der Waals surface area contributed by atoms with Gasteiger partial charge in [0.25, 0.3) is 11.8 Å². The van der Waals surface area contributed by atoms with Gasteiger partial charge in [-0.25, -0.2) is 0 Å². The zero-order valence-electron chi connectivity index (χ0n) is 47.4. The van der Waals surface area contributed by atoms with Gasteiger partial charge in [0.15, 0.2) is 0 Å². The van der Waals surface area contributed by atoms with Crippen LogP contribution >= 0.6 is 0 Å². The maximum absolute atomic E-state index is 14.6. The van der Waals surface area contributed by atoms with Crippen molar-refractivity contribution in [3.63, 3.8) is 0 Å². The molecule has 420 valence electrons. The predicted octanol–water partition coefficient (Wildman–Crippen LogP) is 4.02. The lowest BCUT2D eigenvalue weighted by atomic mass is 9.85. The van der Waals surface area contributed by atoms with E-state index in [0.29, 0.717) is 24.0 Å². The van der Waals surface area contributed by atoms with Crippen LogP contribution in [0.4, 0.5) is 0 Å². The summed E-state index contributed by atoms with van der Waals surface area (Å²) >= 11 is 0. The van der Waals surface area contributed by atoms with Crippen LogP contribution < -0.4 is 47.9 Å². The lowest BCUT2D eigenvalue weighted by Crippen LogP contribution is -2.59. The summed E-state index contributed by atoms with van der Waals surface area (Å²) < 4.78 is 0. The van der Waals surface area contributed by atoms with Gasteiger partial charge in [-0.1, -0.05) is 97.0 Å². The first-order valence-electron chi connectivity index (χ1n) is 27.4. The van der Waals surface area contributed by atoms with Gasteiger partial charge in [-0.05, 0) is 144 Å². The van der Waals surface area contributed by atoms with Crippen LogP contribution in [-0.2, 0) is 48.0 Å². The largest absolute Gasteiger partial charge is 0.352 e. The number of likely N-dealkylation sites (tertiary alicyclic amines) is 1. The van der Waals surface area contributed by atoms with Crippen molar-refractivity contribution in [3.05, 3.63) is 106 Å². The molecule has 9 N–H and O–H groups in total. The molecule has 3 aromatic rings. The predicted molar refractivity (Wildman–Crippen MR) is 298 cm³/mol. The number of hydrogen-bond acceptors (Lipinski definition) is 10. The van der Waals surface area contributed by atoms with E-state index in [1.165, 1.54) is 10.5 Å². The highest BCUT2D eigenvalue weighted by Gasteiger charge is 2.46. The fourth-order valence-electron chi connectivity index (χ4n) is 9.42. The summed E-state index contributed by atoms with van der Waals surface area (Å²) in [6.45, 7) is 18.7. The number of likely N-dealkylation sites (N-methyl/N-ethyl adjacent to an activating group) is 2. The highest BCUT2D eigenvalue weighted by Crippen LogP contribution is 2.32. The third kappa shape index (κ3) is 17.2. The van der Waals surface area contributed by atoms with Crippen LogP contribution in [0.3, 0.4) is 0 Å². The summed E-state index contributed by atoms with van der Waals surface area (Å²) in [6.07, 6.45) is 4.26. The van der Waals surface area contributed by atoms with Crippen molar-refractivity contribution in [2.24, 2.45) is 17.3 Å². The second kappa shape index (κ2) is 28.1. The summed E-state index contributed by atoms with van der Waals surface area (Å²) in [6, 6.07) is 17.0. The number of amides is 8. The van der Waals surface area contributed by atoms with Gasteiger partial charge >= 0.3 is 0 Å². The van der Waals surface area contributed by atoms with E-state index in [1.54, 1.807) is 52.2 Å². The molecule has 1 fully saturated rings. The fraction of sp³-hybridized carbons (Fsp3) is 0.559. The van der Waals surface area contributed by atoms with E-state index < -0.39 is 53.6 Å². The van der Waals surface area contributed by atoms with Crippen molar-refractivity contribution in [3.8, 4) is 0 Å². The van der Waals surface area contributed by atoms with Crippen LogP contribution in [-0.4, -0.2) is 128 Å².